The summed E-state index contributed by atoms with van der Waals surface area (Å²) in [5, 5.41) is 28.5. The average molecular weight is 307 g/mol. The summed E-state index contributed by atoms with van der Waals surface area (Å²) in [6, 6.07) is 3.66. The van der Waals surface area contributed by atoms with Crippen LogP contribution >= 0.6 is 0 Å². The van der Waals surface area contributed by atoms with Crippen molar-refractivity contribution in [2.45, 2.75) is 32.7 Å². The number of aliphatic hydroxyl groups is 1. The number of carbonyl (C=O) groups is 2. The summed E-state index contributed by atoms with van der Waals surface area (Å²) in [6.45, 7) is 3.44. The molecule has 2 atom stereocenters. The van der Waals surface area contributed by atoms with E-state index in [1.54, 1.807) is 0 Å². The Morgan fingerprint density at radius 3 is 2.50 bits per heavy atom. The van der Waals surface area contributed by atoms with Crippen molar-refractivity contribution in [1.29, 1.82) is 0 Å². The summed E-state index contributed by atoms with van der Waals surface area (Å²) in [6.07, 6.45) is 0.297. The number of phenols is 2. The first-order chi connectivity index (χ1) is 10.3. The fraction of sp³-hybridized carbons (Fsp3) is 0.500. The number of benzene rings is 1. The first kappa shape index (κ1) is 16.3. The Kier molecular flexibility index (Phi) is 4.71. The van der Waals surface area contributed by atoms with Gasteiger partial charge in [-0.15, -0.1) is 0 Å². The number of aliphatic hydroxyl groups excluding tert-OH is 1. The Labute approximate surface area is 129 Å². The van der Waals surface area contributed by atoms with Gasteiger partial charge in [-0.3, -0.25) is 14.5 Å². The zero-order valence-corrected chi connectivity index (χ0v) is 12.7. The summed E-state index contributed by atoms with van der Waals surface area (Å²) in [7, 11) is 0. The largest absolute Gasteiger partial charge is 0.508 e. The lowest BCUT2D eigenvalue weighted by molar-refractivity contribution is -0.144. The van der Waals surface area contributed by atoms with E-state index in [9.17, 15) is 24.9 Å². The van der Waals surface area contributed by atoms with E-state index in [2.05, 4.69) is 0 Å². The number of hydrogen-bond acceptors (Lipinski definition) is 5. The van der Waals surface area contributed by atoms with Gasteiger partial charge in [0.25, 0.3) is 0 Å². The van der Waals surface area contributed by atoms with Crippen molar-refractivity contribution in [2.75, 3.05) is 6.61 Å². The van der Waals surface area contributed by atoms with Gasteiger partial charge in [0.2, 0.25) is 11.8 Å². The van der Waals surface area contributed by atoms with Crippen LogP contribution in [0.4, 0.5) is 0 Å². The van der Waals surface area contributed by atoms with Gasteiger partial charge < -0.3 is 15.3 Å². The smallest absolute Gasteiger partial charge is 0.233 e. The van der Waals surface area contributed by atoms with Gasteiger partial charge in [0.1, 0.15) is 11.5 Å². The highest BCUT2D eigenvalue weighted by Gasteiger charge is 2.43. The maximum absolute atomic E-state index is 12.5. The van der Waals surface area contributed by atoms with E-state index < -0.39 is 12.0 Å². The third-order valence-corrected chi connectivity index (χ3v) is 4.10. The number of hydrogen-bond donors (Lipinski definition) is 3. The molecule has 0 saturated carbocycles. The Morgan fingerprint density at radius 1 is 1.27 bits per heavy atom. The molecule has 2 unspecified atom stereocenters. The predicted octanol–water partition coefficient (Wildman–Crippen LogP) is 1.03. The fourth-order valence-electron chi connectivity index (χ4n) is 2.80. The van der Waals surface area contributed by atoms with Gasteiger partial charge in [-0.1, -0.05) is 19.9 Å². The van der Waals surface area contributed by atoms with Crippen molar-refractivity contribution in [3.05, 3.63) is 23.8 Å². The summed E-state index contributed by atoms with van der Waals surface area (Å²) < 4.78 is 0. The Morgan fingerprint density at radius 2 is 1.95 bits per heavy atom. The van der Waals surface area contributed by atoms with E-state index in [0.717, 1.165) is 4.90 Å². The SMILES string of the molecule is CC(C)C(CO)N1C(=O)CC(Cc2ccc(O)cc2O)C1=O. The van der Waals surface area contributed by atoms with E-state index in [1.165, 1.54) is 18.2 Å². The van der Waals surface area contributed by atoms with E-state index in [0.29, 0.717) is 5.56 Å². The summed E-state index contributed by atoms with van der Waals surface area (Å²) in [5.41, 5.74) is 0.510. The minimum atomic E-state index is -0.546. The molecule has 6 heteroatoms. The van der Waals surface area contributed by atoms with Gasteiger partial charge >= 0.3 is 0 Å². The molecular weight excluding hydrogens is 286 g/mol. The molecule has 6 nitrogen and oxygen atoms in total. The molecule has 1 aliphatic rings. The van der Waals surface area contributed by atoms with Crippen molar-refractivity contribution in [2.24, 2.45) is 11.8 Å². The number of carbonyl (C=O) groups excluding carboxylic acids is 2. The molecule has 2 rings (SSSR count). The van der Waals surface area contributed by atoms with Gasteiger partial charge in [-0.25, -0.2) is 0 Å². The van der Waals surface area contributed by atoms with Crippen LogP contribution in [0.2, 0.25) is 0 Å². The maximum Gasteiger partial charge on any atom is 0.233 e. The minimum absolute atomic E-state index is 0.0290. The van der Waals surface area contributed by atoms with Crippen molar-refractivity contribution in [3.8, 4) is 11.5 Å². The van der Waals surface area contributed by atoms with Crippen LogP contribution < -0.4 is 0 Å². The lowest BCUT2D eigenvalue weighted by Gasteiger charge is -2.28. The van der Waals surface area contributed by atoms with Gasteiger partial charge in [0.15, 0.2) is 0 Å². The number of amides is 2. The number of rotatable bonds is 5. The second kappa shape index (κ2) is 6.36. The highest BCUT2D eigenvalue weighted by atomic mass is 16.3. The van der Waals surface area contributed by atoms with Gasteiger partial charge in [0.05, 0.1) is 18.6 Å². The van der Waals surface area contributed by atoms with Crippen molar-refractivity contribution in [3.63, 3.8) is 0 Å². The van der Waals surface area contributed by atoms with Gasteiger partial charge in [0, 0.05) is 12.5 Å². The number of aromatic hydroxyl groups is 2. The summed E-state index contributed by atoms with van der Waals surface area (Å²) >= 11 is 0. The van der Waals surface area contributed by atoms with Crippen LogP contribution in [0.1, 0.15) is 25.8 Å². The van der Waals surface area contributed by atoms with Crippen LogP contribution in [0, 0.1) is 11.8 Å². The lowest BCUT2D eigenvalue weighted by Crippen LogP contribution is -2.45. The van der Waals surface area contributed by atoms with Crippen LogP contribution in [0.3, 0.4) is 0 Å². The number of nitrogens with zero attached hydrogens (tertiary/aromatic N) is 1. The Hall–Kier alpha value is -2.08. The summed E-state index contributed by atoms with van der Waals surface area (Å²) in [5.74, 6) is -1.33. The second-order valence-corrected chi connectivity index (χ2v) is 6.01. The van der Waals surface area contributed by atoms with Crippen LogP contribution in [0.25, 0.3) is 0 Å². The predicted molar refractivity (Wildman–Crippen MR) is 79.1 cm³/mol. The van der Waals surface area contributed by atoms with E-state index in [4.69, 9.17) is 0 Å². The maximum atomic E-state index is 12.5. The van der Waals surface area contributed by atoms with Crippen LogP contribution in [-0.2, 0) is 16.0 Å². The molecule has 3 N–H and O–H groups in total. The summed E-state index contributed by atoms with van der Waals surface area (Å²) in [4.78, 5) is 25.7. The zero-order valence-electron chi connectivity index (χ0n) is 12.7. The highest BCUT2D eigenvalue weighted by Crippen LogP contribution is 2.31. The van der Waals surface area contributed by atoms with E-state index in [-0.39, 0.29) is 48.7 Å². The molecule has 0 spiro atoms. The molecule has 22 heavy (non-hydrogen) atoms. The molecule has 1 saturated heterocycles. The topological polar surface area (TPSA) is 98.1 Å². The van der Waals surface area contributed by atoms with Crippen molar-refractivity contribution < 1.29 is 24.9 Å². The molecule has 120 valence electrons. The Bertz CT molecular complexity index is 584. The third kappa shape index (κ3) is 3.06. The molecule has 1 fully saturated rings. The molecule has 0 aliphatic carbocycles. The molecule has 0 bridgehead atoms. The number of phenolic OH excluding ortho intramolecular Hbond substituents is 2. The molecular formula is C16H21NO5. The van der Waals surface area contributed by atoms with Crippen LogP contribution in [0.5, 0.6) is 11.5 Å². The normalized spacial score (nSPS) is 20.0. The molecule has 1 aromatic carbocycles. The number of imide groups is 1. The highest BCUT2D eigenvalue weighted by molar-refractivity contribution is 6.04. The standard InChI is InChI=1S/C16H21NO5/c1-9(2)13(8-18)17-15(21)6-11(16(17)22)5-10-3-4-12(19)7-14(10)20/h3-4,7,9,11,13,18-20H,5-6,8H2,1-2H3. The zero-order chi connectivity index (χ0) is 16.4. The van der Waals surface area contributed by atoms with E-state index >= 15 is 0 Å². The third-order valence-electron chi connectivity index (χ3n) is 4.10. The molecule has 1 aromatic rings. The average Bonchev–Trinajstić information content (AvgIpc) is 2.70. The fourth-order valence-corrected chi connectivity index (χ4v) is 2.80. The first-order valence-corrected chi connectivity index (χ1v) is 7.32. The molecule has 0 aromatic heterocycles. The molecule has 0 radical (unpaired) electrons. The van der Waals surface area contributed by atoms with Crippen LogP contribution in [0.15, 0.2) is 18.2 Å². The molecule has 2 amide bonds. The van der Waals surface area contributed by atoms with Gasteiger partial charge in [-0.05, 0) is 24.0 Å². The molecule has 1 heterocycles. The molecule has 1 aliphatic heterocycles. The Balaban J connectivity index is 2.17. The second-order valence-electron chi connectivity index (χ2n) is 6.01. The van der Waals surface area contributed by atoms with Crippen molar-refractivity contribution >= 4 is 11.8 Å². The van der Waals surface area contributed by atoms with Crippen molar-refractivity contribution in [1.82, 2.24) is 4.90 Å². The van der Waals surface area contributed by atoms with E-state index in [1.807, 2.05) is 13.8 Å². The monoisotopic (exact) mass is 307 g/mol. The van der Waals surface area contributed by atoms with Crippen LogP contribution in [-0.4, -0.2) is 44.7 Å². The number of likely N-dealkylation sites (tertiary alicyclic amines) is 1. The van der Waals surface area contributed by atoms with Gasteiger partial charge in [-0.2, -0.15) is 0 Å². The first-order valence-electron chi connectivity index (χ1n) is 7.32. The minimum Gasteiger partial charge on any atom is -0.508 e. The quantitative estimate of drug-likeness (QED) is 0.706. The lowest BCUT2D eigenvalue weighted by atomic mass is 9.97.